The highest BCUT2D eigenvalue weighted by Gasteiger charge is 2.69. The Morgan fingerprint density at radius 1 is 0.906 bits per heavy atom. The van der Waals surface area contributed by atoms with E-state index in [1.165, 1.54) is 4.90 Å². The van der Waals surface area contributed by atoms with E-state index < -0.39 is 34.9 Å². The van der Waals surface area contributed by atoms with Gasteiger partial charge in [-0.25, -0.2) is 0 Å². The fraction of sp³-hybridized carbons (Fsp3) is 0.659. The Kier molecular flexibility index (Phi) is 12.8. The van der Waals surface area contributed by atoms with E-state index in [-0.39, 0.29) is 84.7 Å². The largest absolute Gasteiger partial charge is 0.332 e. The van der Waals surface area contributed by atoms with Crippen LogP contribution in [0, 0.1) is 40.4 Å². The van der Waals surface area contributed by atoms with Crippen LogP contribution in [-0.4, -0.2) is 69.8 Å². The summed E-state index contributed by atoms with van der Waals surface area (Å²) in [6.45, 7) is 14.5. The quantitative estimate of drug-likeness (QED) is 0.131. The molecule has 0 spiro atoms. The van der Waals surface area contributed by atoms with Gasteiger partial charge in [-0.1, -0.05) is 97.8 Å². The first kappa shape index (κ1) is 40.4. The van der Waals surface area contributed by atoms with Crippen LogP contribution in [0.1, 0.15) is 145 Å². The summed E-state index contributed by atoms with van der Waals surface area (Å²) in [6.07, 6.45) is 9.68. The lowest BCUT2D eigenvalue weighted by atomic mass is 9.76. The summed E-state index contributed by atoms with van der Waals surface area (Å²) in [6, 6.07) is 6.09. The highest BCUT2D eigenvalue weighted by molar-refractivity contribution is 6.38. The van der Waals surface area contributed by atoms with Crippen molar-refractivity contribution in [3.8, 4) is 0 Å². The van der Waals surface area contributed by atoms with Crippen molar-refractivity contribution >= 4 is 40.9 Å². The van der Waals surface area contributed by atoms with Gasteiger partial charge in [-0.15, -0.1) is 6.58 Å². The first-order valence-electron chi connectivity index (χ1n) is 20.1. The average molecular weight is 729 g/mol. The summed E-state index contributed by atoms with van der Waals surface area (Å²) in [5.41, 5.74) is 0.223. The minimum absolute atomic E-state index is 0.0219. The van der Waals surface area contributed by atoms with Gasteiger partial charge in [-0.05, 0) is 60.0 Å². The second kappa shape index (κ2) is 16.7. The van der Waals surface area contributed by atoms with Crippen LogP contribution in [0.4, 0.5) is 0 Å². The van der Waals surface area contributed by atoms with Crippen molar-refractivity contribution in [1.29, 1.82) is 0 Å². The summed E-state index contributed by atoms with van der Waals surface area (Å²) in [4.78, 5) is 98.6. The predicted molar refractivity (Wildman–Crippen MR) is 203 cm³/mol. The molecule has 288 valence electrons. The van der Waals surface area contributed by atoms with Gasteiger partial charge in [-0.2, -0.15) is 0 Å². The van der Waals surface area contributed by atoms with E-state index >= 15 is 0 Å². The third-order valence-electron chi connectivity index (χ3n) is 12.9. The smallest absolute Gasteiger partial charge is 0.261 e. The number of carbonyl (C=O) groups excluding carboxylic acids is 7. The van der Waals surface area contributed by atoms with Crippen LogP contribution >= 0.6 is 0 Å². The van der Waals surface area contributed by atoms with Crippen molar-refractivity contribution in [2.45, 2.75) is 131 Å². The summed E-state index contributed by atoms with van der Waals surface area (Å²) in [5, 5.41) is 0. The third-order valence-corrected chi connectivity index (χ3v) is 12.9. The number of ketones is 4. The standard InChI is InChI=1S/C44H60N2O7/c1-7-8-22-35(48)39(50)28-18-14-12-10-9-11-13-15-19-29(40(51)45-27-34-37(44(34,5)6)38(45)36(49)24-28)23-31(47)25-30(43(2,3)4)26-46-41(52)32-20-16-17-21-33(32)42(46)53/h7,16-17,20-21,28-30,34,37-38H,1,8-15,18-19,22-27H2,2-6H3/t28-,29-,30-,34+,37+,38-/m1/s1. The Hall–Kier alpha value is -3.75. The van der Waals surface area contributed by atoms with E-state index in [1.54, 1.807) is 35.2 Å². The number of rotatable bonds is 11. The molecular formula is C44H60N2O7. The van der Waals surface area contributed by atoms with Gasteiger partial charge in [-0.3, -0.25) is 38.5 Å². The van der Waals surface area contributed by atoms with Crippen LogP contribution in [-0.2, 0) is 24.0 Å². The second-order valence-corrected chi connectivity index (χ2v) is 17.9. The van der Waals surface area contributed by atoms with Crippen molar-refractivity contribution in [2.24, 2.45) is 40.4 Å². The normalized spacial score (nSPS) is 27.2. The van der Waals surface area contributed by atoms with Crippen LogP contribution in [0.3, 0.4) is 0 Å². The molecule has 3 fully saturated rings. The van der Waals surface area contributed by atoms with Crippen molar-refractivity contribution in [1.82, 2.24) is 9.80 Å². The van der Waals surface area contributed by atoms with Gasteiger partial charge < -0.3 is 4.90 Å². The molecule has 2 saturated heterocycles. The molecular weight excluding hydrogens is 668 g/mol. The molecule has 1 aliphatic carbocycles. The molecule has 9 nitrogen and oxygen atoms in total. The van der Waals surface area contributed by atoms with E-state index in [4.69, 9.17) is 0 Å². The Morgan fingerprint density at radius 3 is 2.08 bits per heavy atom. The number of amides is 3. The third kappa shape index (κ3) is 8.97. The van der Waals surface area contributed by atoms with Gasteiger partial charge in [0.25, 0.3) is 11.8 Å². The molecule has 0 radical (unpaired) electrons. The van der Waals surface area contributed by atoms with Gasteiger partial charge >= 0.3 is 0 Å². The van der Waals surface area contributed by atoms with Crippen molar-refractivity contribution in [3.05, 3.63) is 48.0 Å². The Bertz CT molecular complexity index is 1580. The molecule has 1 aromatic carbocycles. The maximum atomic E-state index is 14.6. The zero-order chi connectivity index (χ0) is 38.7. The maximum Gasteiger partial charge on any atom is 0.261 e. The number of benzene rings is 1. The Morgan fingerprint density at radius 2 is 1.49 bits per heavy atom. The number of nitrogens with zero attached hydrogens (tertiary/aromatic N) is 2. The molecule has 6 atom stereocenters. The highest BCUT2D eigenvalue weighted by atomic mass is 16.2. The molecule has 3 heterocycles. The predicted octanol–water partition coefficient (Wildman–Crippen LogP) is 7.60. The van der Waals surface area contributed by atoms with Crippen molar-refractivity contribution in [3.63, 3.8) is 0 Å². The molecule has 0 bridgehead atoms. The van der Waals surface area contributed by atoms with Gasteiger partial charge in [0.1, 0.15) is 5.78 Å². The van der Waals surface area contributed by atoms with Crippen molar-refractivity contribution < 1.29 is 33.6 Å². The van der Waals surface area contributed by atoms with Gasteiger partial charge in [0, 0.05) is 50.6 Å². The average Bonchev–Trinajstić information content (AvgIpc) is 3.35. The molecule has 3 amide bonds. The number of carbonyl (C=O) groups is 7. The van der Waals surface area contributed by atoms with Gasteiger partial charge in [0.2, 0.25) is 11.7 Å². The molecule has 0 N–H and O–H groups in total. The minimum atomic E-state index is -0.695. The molecule has 5 rings (SSSR count). The van der Waals surface area contributed by atoms with Crippen LogP contribution in [0.5, 0.6) is 0 Å². The van der Waals surface area contributed by atoms with E-state index in [2.05, 4.69) is 20.4 Å². The van der Waals surface area contributed by atoms with E-state index in [0.717, 1.165) is 44.9 Å². The van der Waals surface area contributed by atoms with Crippen LogP contribution in [0.2, 0.25) is 0 Å². The lowest BCUT2D eigenvalue weighted by Crippen LogP contribution is -2.49. The summed E-state index contributed by atoms with van der Waals surface area (Å²) < 4.78 is 0. The maximum absolute atomic E-state index is 14.6. The lowest BCUT2D eigenvalue weighted by Gasteiger charge is -2.35. The van der Waals surface area contributed by atoms with Gasteiger partial charge in [0.05, 0.1) is 17.2 Å². The number of hydrogen-bond acceptors (Lipinski definition) is 7. The summed E-state index contributed by atoms with van der Waals surface area (Å²) in [5.74, 6) is -3.54. The molecule has 9 heteroatoms. The fourth-order valence-corrected chi connectivity index (χ4v) is 9.27. The number of fused-ring (bicyclic) bond motifs is 4. The van der Waals surface area contributed by atoms with Crippen molar-refractivity contribution in [2.75, 3.05) is 13.1 Å². The summed E-state index contributed by atoms with van der Waals surface area (Å²) >= 11 is 0. The van der Waals surface area contributed by atoms with Crippen LogP contribution in [0.15, 0.2) is 36.9 Å². The van der Waals surface area contributed by atoms with E-state index in [9.17, 15) is 33.6 Å². The molecule has 4 aliphatic rings. The molecule has 3 aliphatic heterocycles. The number of Topliss-reactive ketones (excluding diaryl/α,β-unsaturated/α-hetero) is 4. The molecule has 1 saturated carbocycles. The lowest BCUT2D eigenvalue weighted by molar-refractivity contribution is -0.145. The van der Waals surface area contributed by atoms with E-state index in [1.807, 2.05) is 20.8 Å². The second-order valence-electron chi connectivity index (χ2n) is 17.9. The molecule has 53 heavy (non-hydrogen) atoms. The Labute approximate surface area is 315 Å². The summed E-state index contributed by atoms with van der Waals surface area (Å²) in [7, 11) is 0. The zero-order valence-corrected chi connectivity index (χ0v) is 32.6. The SMILES string of the molecule is C=CCCC(=O)C(=O)[C@@H]1CCCCCCCCC[C@H](CC(=O)C[C@H](CN2C(=O)c3ccccc3C2=O)C(C)(C)C)C(=O)N2C[C@H]3[C@@H]([C@H]2C(=O)C1)C3(C)C. The molecule has 0 unspecified atom stereocenters. The number of hydrogen-bond donors (Lipinski definition) is 0. The Balaban J connectivity index is 1.35. The highest BCUT2D eigenvalue weighted by Crippen LogP contribution is 2.65. The topological polar surface area (TPSA) is 126 Å². The first-order valence-corrected chi connectivity index (χ1v) is 20.1. The molecule has 1 aromatic rings. The first-order chi connectivity index (χ1) is 25.1. The number of piperidine rings is 1. The fourth-order valence-electron chi connectivity index (χ4n) is 9.27. The monoisotopic (exact) mass is 728 g/mol. The minimum Gasteiger partial charge on any atom is -0.332 e. The van der Waals surface area contributed by atoms with E-state index in [0.29, 0.717) is 36.9 Å². The van der Waals surface area contributed by atoms with Gasteiger partial charge in [0.15, 0.2) is 11.6 Å². The molecule has 0 aromatic heterocycles. The number of imide groups is 1. The van der Waals surface area contributed by atoms with Crippen LogP contribution in [0.25, 0.3) is 0 Å². The number of allylic oxidation sites excluding steroid dienone is 1. The van der Waals surface area contributed by atoms with Crippen LogP contribution < -0.4 is 0 Å². The zero-order valence-electron chi connectivity index (χ0n) is 32.6.